The summed E-state index contributed by atoms with van der Waals surface area (Å²) in [4.78, 5) is 10.0. The Balaban J connectivity index is 2.85. The zero-order valence-electron chi connectivity index (χ0n) is 6.32. The largest absolute Gasteiger partial charge is 0.477 e. The number of carbonyl (C=O) groups is 1. The molecule has 1 saturated carbocycles. The Bertz CT molecular complexity index is 197. The van der Waals surface area contributed by atoms with Gasteiger partial charge in [0.05, 0.1) is 0 Å². The predicted molar refractivity (Wildman–Crippen MR) is 34.9 cm³/mol. The van der Waals surface area contributed by atoms with E-state index in [2.05, 4.69) is 0 Å². The standard InChI is InChI=1S/C7H9F3O2/c8-6(3-1-2-4-6)7(9,10)5(11)12/h1-4H2,(H,11,12). The molecule has 1 aliphatic carbocycles. The van der Waals surface area contributed by atoms with Crippen LogP contribution in [0.1, 0.15) is 25.7 Å². The molecule has 2 nitrogen and oxygen atoms in total. The van der Waals surface area contributed by atoms with Crippen LogP contribution in [-0.4, -0.2) is 22.7 Å². The lowest BCUT2D eigenvalue weighted by Gasteiger charge is -2.25. The molecular formula is C7H9F3O2. The summed E-state index contributed by atoms with van der Waals surface area (Å²) < 4.78 is 38.5. The first-order chi connectivity index (χ1) is 5.40. The SMILES string of the molecule is O=C(O)C(F)(F)C1(F)CCCC1. The molecule has 0 radical (unpaired) electrons. The fraction of sp³-hybridized carbons (Fsp3) is 0.857. The summed E-state index contributed by atoms with van der Waals surface area (Å²) in [6.45, 7) is 0. The Morgan fingerprint density at radius 1 is 1.33 bits per heavy atom. The van der Waals surface area contributed by atoms with Gasteiger partial charge < -0.3 is 5.11 Å². The van der Waals surface area contributed by atoms with Gasteiger partial charge in [-0.05, 0) is 25.7 Å². The minimum atomic E-state index is -4.23. The van der Waals surface area contributed by atoms with Crippen molar-refractivity contribution in [3.05, 3.63) is 0 Å². The highest BCUT2D eigenvalue weighted by Crippen LogP contribution is 2.45. The molecule has 1 aliphatic rings. The molecule has 0 amide bonds. The van der Waals surface area contributed by atoms with Gasteiger partial charge in [-0.25, -0.2) is 9.18 Å². The molecular weight excluding hydrogens is 173 g/mol. The highest BCUT2D eigenvalue weighted by molar-refractivity contribution is 5.77. The number of carboxylic acid groups (broad SMARTS) is 1. The Hall–Kier alpha value is -0.740. The Labute approximate surface area is 67.4 Å². The topological polar surface area (TPSA) is 37.3 Å². The molecule has 70 valence electrons. The van der Waals surface area contributed by atoms with Gasteiger partial charge in [0.15, 0.2) is 5.67 Å². The average Bonchev–Trinajstić information content (AvgIpc) is 2.37. The van der Waals surface area contributed by atoms with E-state index in [-0.39, 0.29) is 12.8 Å². The first-order valence-electron chi connectivity index (χ1n) is 3.70. The van der Waals surface area contributed by atoms with Crippen LogP contribution in [0.2, 0.25) is 0 Å². The number of hydrogen-bond donors (Lipinski definition) is 1. The second-order valence-corrected chi connectivity index (χ2v) is 3.05. The van der Waals surface area contributed by atoms with Crippen LogP contribution in [0.15, 0.2) is 0 Å². The molecule has 0 aliphatic heterocycles. The van der Waals surface area contributed by atoms with Gasteiger partial charge in [-0.15, -0.1) is 0 Å². The van der Waals surface area contributed by atoms with E-state index in [1.54, 1.807) is 0 Å². The quantitative estimate of drug-likeness (QED) is 0.709. The van der Waals surface area contributed by atoms with Gasteiger partial charge in [0.1, 0.15) is 0 Å². The van der Waals surface area contributed by atoms with Crippen molar-refractivity contribution in [1.82, 2.24) is 0 Å². The fourth-order valence-electron chi connectivity index (χ4n) is 1.44. The minimum Gasteiger partial charge on any atom is -0.477 e. The van der Waals surface area contributed by atoms with Crippen molar-refractivity contribution in [2.45, 2.75) is 37.3 Å². The van der Waals surface area contributed by atoms with Crippen LogP contribution in [-0.2, 0) is 4.79 Å². The Morgan fingerprint density at radius 2 is 1.75 bits per heavy atom. The molecule has 0 aromatic carbocycles. The molecule has 0 aromatic heterocycles. The van der Waals surface area contributed by atoms with Gasteiger partial charge in [0.25, 0.3) is 0 Å². The fourth-order valence-corrected chi connectivity index (χ4v) is 1.44. The van der Waals surface area contributed by atoms with Crippen molar-refractivity contribution in [1.29, 1.82) is 0 Å². The van der Waals surface area contributed by atoms with Crippen molar-refractivity contribution >= 4 is 5.97 Å². The zero-order chi connectivity index (χ0) is 9.41. The van der Waals surface area contributed by atoms with Crippen molar-refractivity contribution in [2.24, 2.45) is 0 Å². The smallest absolute Gasteiger partial charge is 0.378 e. The minimum absolute atomic E-state index is 0.333. The summed E-state index contributed by atoms with van der Waals surface area (Å²) in [5.41, 5.74) is -2.82. The van der Waals surface area contributed by atoms with E-state index in [1.807, 2.05) is 0 Å². The van der Waals surface area contributed by atoms with Gasteiger partial charge in [-0.3, -0.25) is 0 Å². The Kier molecular flexibility index (Phi) is 2.06. The lowest BCUT2D eigenvalue weighted by molar-refractivity contribution is -0.190. The summed E-state index contributed by atoms with van der Waals surface area (Å²) >= 11 is 0. The maximum absolute atomic E-state index is 13.2. The van der Waals surface area contributed by atoms with Gasteiger partial charge in [-0.1, -0.05) is 0 Å². The second-order valence-electron chi connectivity index (χ2n) is 3.05. The number of carboxylic acids is 1. The number of alkyl halides is 3. The van der Waals surface area contributed by atoms with E-state index < -0.39 is 17.6 Å². The van der Waals surface area contributed by atoms with E-state index in [9.17, 15) is 18.0 Å². The van der Waals surface area contributed by atoms with Crippen molar-refractivity contribution in [2.75, 3.05) is 0 Å². The molecule has 0 heterocycles. The highest BCUT2D eigenvalue weighted by Gasteiger charge is 2.61. The second kappa shape index (κ2) is 2.64. The average molecular weight is 182 g/mol. The van der Waals surface area contributed by atoms with Crippen LogP contribution >= 0.6 is 0 Å². The third-order valence-electron chi connectivity index (χ3n) is 2.23. The summed E-state index contributed by atoms with van der Waals surface area (Å²) in [6.07, 6.45) is -0.0443. The van der Waals surface area contributed by atoms with Gasteiger partial charge in [-0.2, -0.15) is 8.78 Å². The molecule has 0 atom stereocenters. The lowest BCUT2D eigenvalue weighted by atomic mass is 9.96. The molecule has 0 unspecified atom stereocenters. The molecule has 1 N–H and O–H groups in total. The summed E-state index contributed by atoms with van der Waals surface area (Å²) in [7, 11) is 0. The van der Waals surface area contributed by atoms with Gasteiger partial charge >= 0.3 is 11.9 Å². The Morgan fingerprint density at radius 3 is 2.08 bits per heavy atom. The van der Waals surface area contributed by atoms with Crippen LogP contribution < -0.4 is 0 Å². The maximum atomic E-state index is 13.2. The van der Waals surface area contributed by atoms with E-state index in [1.165, 1.54) is 0 Å². The molecule has 0 saturated heterocycles. The molecule has 0 spiro atoms. The van der Waals surface area contributed by atoms with Crippen LogP contribution in [0.25, 0.3) is 0 Å². The third-order valence-corrected chi connectivity index (χ3v) is 2.23. The summed E-state index contributed by atoms with van der Waals surface area (Å²) in [5.74, 6) is -6.60. The number of hydrogen-bond acceptors (Lipinski definition) is 1. The summed E-state index contributed by atoms with van der Waals surface area (Å²) in [6, 6.07) is 0. The van der Waals surface area contributed by atoms with Crippen LogP contribution in [0.4, 0.5) is 13.2 Å². The summed E-state index contributed by atoms with van der Waals surface area (Å²) in [5, 5.41) is 8.08. The lowest BCUT2D eigenvalue weighted by Crippen LogP contribution is -2.48. The van der Waals surface area contributed by atoms with E-state index in [0.717, 1.165) is 0 Å². The van der Waals surface area contributed by atoms with E-state index in [0.29, 0.717) is 12.8 Å². The molecule has 1 rings (SSSR count). The van der Waals surface area contributed by atoms with Crippen molar-refractivity contribution < 1.29 is 23.1 Å². The molecule has 12 heavy (non-hydrogen) atoms. The molecule has 0 aromatic rings. The molecule has 1 fully saturated rings. The van der Waals surface area contributed by atoms with Crippen LogP contribution in [0.5, 0.6) is 0 Å². The van der Waals surface area contributed by atoms with Gasteiger partial charge in [0.2, 0.25) is 0 Å². The normalized spacial score (nSPS) is 22.6. The zero-order valence-corrected chi connectivity index (χ0v) is 6.32. The highest BCUT2D eigenvalue weighted by atomic mass is 19.3. The monoisotopic (exact) mass is 182 g/mol. The predicted octanol–water partition coefficient (Wildman–Crippen LogP) is 1.99. The third kappa shape index (κ3) is 1.17. The van der Waals surface area contributed by atoms with Crippen LogP contribution in [0.3, 0.4) is 0 Å². The van der Waals surface area contributed by atoms with Crippen molar-refractivity contribution in [3.63, 3.8) is 0 Å². The van der Waals surface area contributed by atoms with E-state index >= 15 is 0 Å². The number of aliphatic carboxylic acids is 1. The molecule has 0 bridgehead atoms. The van der Waals surface area contributed by atoms with E-state index in [4.69, 9.17) is 5.11 Å². The maximum Gasteiger partial charge on any atom is 0.378 e. The number of halogens is 3. The van der Waals surface area contributed by atoms with Crippen molar-refractivity contribution in [3.8, 4) is 0 Å². The first-order valence-corrected chi connectivity index (χ1v) is 3.70. The van der Waals surface area contributed by atoms with Gasteiger partial charge in [0, 0.05) is 0 Å². The molecule has 5 heteroatoms. The van der Waals surface area contributed by atoms with Crippen LogP contribution in [0, 0.1) is 0 Å². The number of rotatable bonds is 2. The first kappa shape index (κ1) is 9.35.